The van der Waals surface area contributed by atoms with Crippen LogP contribution in [0.2, 0.25) is 13.7 Å². The fraction of sp³-hybridized carbons (Fsp3) is 0.0909. The van der Waals surface area contributed by atoms with Crippen LogP contribution < -0.4 is 5.73 Å². The highest BCUT2D eigenvalue weighted by Gasteiger charge is 2.16. The maximum atomic E-state index is 13.3. The summed E-state index contributed by atoms with van der Waals surface area (Å²) < 4.78 is 14.4. The van der Waals surface area contributed by atoms with Crippen LogP contribution in [0.3, 0.4) is 0 Å². The van der Waals surface area contributed by atoms with Crippen molar-refractivity contribution in [1.29, 1.82) is 0 Å². The van der Waals surface area contributed by atoms with Crippen molar-refractivity contribution in [1.82, 2.24) is 0 Å². The lowest BCUT2D eigenvalue weighted by atomic mass is 10.0. The van der Waals surface area contributed by atoms with Gasteiger partial charge in [-0.3, -0.25) is 0 Å². The molecule has 6 heteroatoms. The molecule has 0 fully saturated rings. The molecule has 0 bridgehead atoms. The molecule has 2 aromatic rings. The molecule has 0 aliphatic carbocycles. The Morgan fingerprint density at radius 2 is 1.88 bits per heavy atom. The monoisotopic (exact) mass is 309 g/mol. The van der Waals surface area contributed by atoms with Gasteiger partial charge in [-0.15, -0.1) is 11.3 Å². The van der Waals surface area contributed by atoms with E-state index in [1.165, 1.54) is 23.5 Å². The van der Waals surface area contributed by atoms with Gasteiger partial charge in [0.05, 0.1) is 19.7 Å². The largest absolute Gasteiger partial charge is 0.320 e. The van der Waals surface area contributed by atoms with Gasteiger partial charge in [0.2, 0.25) is 0 Å². The first-order valence-corrected chi connectivity index (χ1v) is 6.59. The summed E-state index contributed by atoms with van der Waals surface area (Å²) in [7, 11) is 0. The Bertz CT molecular complexity index is 556. The van der Waals surface area contributed by atoms with E-state index in [0.717, 1.165) is 0 Å². The normalized spacial score (nSPS) is 12.8. The SMILES string of the molecule is NC(c1ccc(Cl)c(F)c1)c1cc(Cl)sc1Cl. The summed E-state index contributed by atoms with van der Waals surface area (Å²) in [6.07, 6.45) is 0. The minimum absolute atomic E-state index is 0.0652. The Hall–Kier alpha value is -0.320. The number of thiophene rings is 1. The number of halogens is 4. The van der Waals surface area contributed by atoms with Gasteiger partial charge in [-0.1, -0.05) is 40.9 Å². The summed E-state index contributed by atoms with van der Waals surface area (Å²) in [6, 6.07) is 5.60. The lowest BCUT2D eigenvalue weighted by molar-refractivity contribution is 0.624. The molecule has 0 saturated heterocycles. The third-order valence-electron chi connectivity index (χ3n) is 2.32. The lowest BCUT2D eigenvalue weighted by Gasteiger charge is -2.11. The van der Waals surface area contributed by atoms with Gasteiger partial charge in [0.15, 0.2) is 0 Å². The number of benzene rings is 1. The summed E-state index contributed by atoms with van der Waals surface area (Å²) in [5.74, 6) is -0.503. The highest BCUT2D eigenvalue weighted by atomic mass is 35.5. The second kappa shape index (κ2) is 5.12. The Labute approximate surface area is 117 Å². The molecule has 17 heavy (non-hydrogen) atoms. The molecule has 0 aliphatic rings. The van der Waals surface area contributed by atoms with Crippen LogP contribution in [0.15, 0.2) is 24.3 Å². The first-order chi connectivity index (χ1) is 7.99. The third kappa shape index (κ3) is 2.75. The standard InChI is InChI=1S/C11H7Cl3FNS/c12-7-2-1-5(3-8(7)15)10(16)6-4-9(13)17-11(6)14/h1-4,10H,16H2. The lowest BCUT2D eigenvalue weighted by Crippen LogP contribution is -2.11. The molecule has 0 spiro atoms. The Balaban J connectivity index is 2.40. The van der Waals surface area contributed by atoms with E-state index in [4.69, 9.17) is 40.5 Å². The molecule has 0 amide bonds. The van der Waals surface area contributed by atoms with E-state index in [2.05, 4.69) is 0 Å². The molecule has 0 radical (unpaired) electrons. The molecular formula is C11H7Cl3FNS. The number of rotatable bonds is 2. The van der Waals surface area contributed by atoms with Gasteiger partial charge in [0.1, 0.15) is 5.82 Å². The van der Waals surface area contributed by atoms with Crippen LogP contribution in [0, 0.1) is 5.82 Å². The van der Waals surface area contributed by atoms with E-state index in [0.29, 0.717) is 19.8 Å². The van der Waals surface area contributed by atoms with Gasteiger partial charge in [-0.25, -0.2) is 4.39 Å². The maximum Gasteiger partial charge on any atom is 0.142 e. The van der Waals surface area contributed by atoms with Crippen LogP contribution in [-0.4, -0.2) is 0 Å². The van der Waals surface area contributed by atoms with Crippen molar-refractivity contribution in [2.75, 3.05) is 0 Å². The second-order valence-electron chi connectivity index (χ2n) is 3.43. The third-order valence-corrected chi connectivity index (χ3v) is 4.15. The van der Waals surface area contributed by atoms with Gasteiger partial charge >= 0.3 is 0 Å². The molecule has 1 heterocycles. The minimum atomic E-state index is -0.516. The molecular weight excluding hydrogens is 304 g/mol. The average molecular weight is 311 g/mol. The average Bonchev–Trinajstić information content (AvgIpc) is 2.61. The topological polar surface area (TPSA) is 26.0 Å². The van der Waals surface area contributed by atoms with Crippen LogP contribution in [0.25, 0.3) is 0 Å². The van der Waals surface area contributed by atoms with Crippen LogP contribution in [0.1, 0.15) is 17.2 Å². The maximum absolute atomic E-state index is 13.3. The zero-order valence-corrected chi connectivity index (χ0v) is 11.5. The Morgan fingerprint density at radius 3 is 2.41 bits per heavy atom. The van der Waals surface area contributed by atoms with Crippen molar-refractivity contribution < 1.29 is 4.39 Å². The second-order valence-corrected chi connectivity index (χ2v) is 6.12. The quantitative estimate of drug-likeness (QED) is 0.839. The Kier molecular flexibility index (Phi) is 3.95. The van der Waals surface area contributed by atoms with Gasteiger partial charge in [-0.05, 0) is 23.8 Å². The highest BCUT2D eigenvalue weighted by molar-refractivity contribution is 7.20. The predicted octanol–water partition coefficient (Wildman–Crippen LogP) is 4.90. The van der Waals surface area contributed by atoms with E-state index < -0.39 is 11.9 Å². The van der Waals surface area contributed by atoms with Gasteiger partial charge < -0.3 is 5.73 Å². The van der Waals surface area contributed by atoms with Crippen molar-refractivity contribution in [3.8, 4) is 0 Å². The molecule has 1 aromatic heterocycles. The summed E-state index contributed by atoms with van der Waals surface area (Å²) in [4.78, 5) is 0. The molecule has 1 atom stereocenters. The number of hydrogen-bond donors (Lipinski definition) is 1. The van der Waals surface area contributed by atoms with E-state index in [1.807, 2.05) is 0 Å². The van der Waals surface area contributed by atoms with E-state index in [9.17, 15) is 4.39 Å². The van der Waals surface area contributed by atoms with E-state index in [-0.39, 0.29) is 5.02 Å². The van der Waals surface area contributed by atoms with Crippen molar-refractivity contribution in [2.24, 2.45) is 5.73 Å². The molecule has 2 rings (SSSR count). The highest BCUT2D eigenvalue weighted by Crippen LogP contribution is 2.36. The molecule has 1 nitrogen and oxygen atoms in total. The fourth-order valence-corrected chi connectivity index (χ4v) is 3.12. The van der Waals surface area contributed by atoms with Crippen molar-refractivity contribution in [3.63, 3.8) is 0 Å². The molecule has 0 saturated carbocycles. The van der Waals surface area contributed by atoms with Crippen LogP contribution in [0.4, 0.5) is 4.39 Å². The summed E-state index contributed by atoms with van der Waals surface area (Å²) in [5, 5.41) is 0.0652. The van der Waals surface area contributed by atoms with Crippen molar-refractivity contribution in [2.45, 2.75) is 6.04 Å². The molecule has 0 aliphatic heterocycles. The summed E-state index contributed by atoms with van der Waals surface area (Å²) in [5.41, 5.74) is 7.29. The van der Waals surface area contributed by atoms with Crippen molar-refractivity contribution in [3.05, 3.63) is 54.9 Å². The summed E-state index contributed by atoms with van der Waals surface area (Å²) in [6.45, 7) is 0. The predicted molar refractivity (Wildman–Crippen MR) is 71.8 cm³/mol. The van der Waals surface area contributed by atoms with Crippen LogP contribution in [-0.2, 0) is 0 Å². The van der Waals surface area contributed by atoms with Gasteiger partial charge in [0.25, 0.3) is 0 Å². The van der Waals surface area contributed by atoms with E-state index in [1.54, 1.807) is 12.1 Å². The smallest absolute Gasteiger partial charge is 0.142 e. The molecule has 1 aromatic carbocycles. The summed E-state index contributed by atoms with van der Waals surface area (Å²) >= 11 is 18.7. The van der Waals surface area contributed by atoms with Crippen LogP contribution >= 0.6 is 46.1 Å². The van der Waals surface area contributed by atoms with Crippen molar-refractivity contribution >= 4 is 46.1 Å². The molecule has 1 unspecified atom stereocenters. The van der Waals surface area contributed by atoms with Gasteiger partial charge in [-0.2, -0.15) is 0 Å². The first kappa shape index (κ1) is 13.1. The van der Waals surface area contributed by atoms with E-state index >= 15 is 0 Å². The zero-order valence-electron chi connectivity index (χ0n) is 8.38. The first-order valence-electron chi connectivity index (χ1n) is 4.64. The number of hydrogen-bond acceptors (Lipinski definition) is 2. The molecule has 90 valence electrons. The Morgan fingerprint density at radius 1 is 1.18 bits per heavy atom. The molecule has 2 N–H and O–H groups in total. The minimum Gasteiger partial charge on any atom is -0.320 e. The van der Waals surface area contributed by atoms with Crippen LogP contribution in [0.5, 0.6) is 0 Å². The zero-order chi connectivity index (χ0) is 12.6. The van der Waals surface area contributed by atoms with Gasteiger partial charge in [0, 0.05) is 5.56 Å². The number of nitrogens with two attached hydrogens (primary N) is 1. The fourth-order valence-electron chi connectivity index (χ4n) is 1.45.